The van der Waals surface area contributed by atoms with Gasteiger partial charge in [0.2, 0.25) is 11.7 Å². The van der Waals surface area contributed by atoms with E-state index in [1.165, 1.54) is 0 Å². The molecule has 6 nitrogen and oxygen atoms in total. The van der Waals surface area contributed by atoms with Gasteiger partial charge in [0.1, 0.15) is 12.4 Å². The molecule has 1 heterocycles. The quantitative estimate of drug-likeness (QED) is 0.603. The van der Waals surface area contributed by atoms with Crippen LogP contribution in [0.25, 0.3) is 6.08 Å². The van der Waals surface area contributed by atoms with E-state index < -0.39 is 0 Å². The fourth-order valence-electron chi connectivity index (χ4n) is 2.19. The van der Waals surface area contributed by atoms with Crippen LogP contribution in [0.15, 0.2) is 65.2 Å². The zero-order chi connectivity index (χ0) is 18.2. The van der Waals surface area contributed by atoms with Crippen LogP contribution in [0.4, 0.5) is 0 Å². The molecule has 0 N–H and O–H groups in total. The number of rotatable bonds is 7. The predicted octanol–water partition coefficient (Wildman–Crippen LogP) is 3.83. The first-order valence-electron chi connectivity index (χ1n) is 8.11. The van der Waals surface area contributed by atoms with Crippen LogP contribution in [0.5, 0.6) is 5.75 Å². The average molecular weight is 350 g/mol. The molecule has 0 fully saturated rings. The molecule has 0 aliphatic carbocycles. The van der Waals surface area contributed by atoms with Gasteiger partial charge in [-0.05, 0) is 35.9 Å². The molecular formula is C20H18N2O4. The Kier molecular flexibility index (Phi) is 5.77. The van der Waals surface area contributed by atoms with Crippen LogP contribution in [-0.2, 0) is 11.3 Å². The Hall–Kier alpha value is -3.41. The summed E-state index contributed by atoms with van der Waals surface area (Å²) in [5.74, 6) is 1.18. The lowest BCUT2D eigenvalue weighted by atomic mass is 10.2. The van der Waals surface area contributed by atoms with E-state index >= 15 is 0 Å². The second-order valence-electron chi connectivity index (χ2n) is 5.45. The molecule has 0 bridgehead atoms. The zero-order valence-electron chi connectivity index (χ0n) is 14.3. The number of carbonyl (C=O) groups is 1. The Morgan fingerprint density at radius 1 is 1.12 bits per heavy atom. The summed E-state index contributed by atoms with van der Waals surface area (Å²) in [6, 6.07) is 16.5. The SMILES string of the molecule is Cc1nc(COc2ccc(C(=O)OC/C=C\c3ccccc3)cc2)no1. The first-order valence-corrected chi connectivity index (χ1v) is 8.11. The summed E-state index contributed by atoms with van der Waals surface area (Å²) in [5.41, 5.74) is 1.52. The fourth-order valence-corrected chi connectivity index (χ4v) is 2.19. The number of aromatic nitrogens is 2. The number of ether oxygens (including phenoxy) is 2. The molecule has 0 radical (unpaired) electrons. The highest BCUT2D eigenvalue weighted by atomic mass is 16.5. The van der Waals surface area contributed by atoms with Crippen molar-refractivity contribution in [3.05, 3.63) is 83.5 Å². The van der Waals surface area contributed by atoms with Crippen molar-refractivity contribution in [3.8, 4) is 5.75 Å². The Labute approximate surface area is 151 Å². The van der Waals surface area contributed by atoms with Gasteiger partial charge in [0.05, 0.1) is 5.56 Å². The van der Waals surface area contributed by atoms with E-state index in [1.54, 1.807) is 37.3 Å². The summed E-state index contributed by atoms with van der Waals surface area (Å²) in [5, 5.41) is 3.75. The molecule has 2 aromatic carbocycles. The highest BCUT2D eigenvalue weighted by molar-refractivity contribution is 5.89. The molecule has 0 aliphatic heterocycles. The van der Waals surface area contributed by atoms with Crippen LogP contribution < -0.4 is 4.74 Å². The van der Waals surface area contributed by atoms with Gasteiger partial charge in [-0.2, -0.15) is 4.98 Å². The number of hydrogen-bond donors (Lipinski definition) is 0. The van der Waals surface area contributed by atoms with E-state index in [0.29, 0.717) is 23.0 Å². The van der Waals surface area contributed by atoms with E-state index in [4.69, 9.17) is 14.0 Å². The highest BCUT2D eigenvalue weighted by Gasteiger charge is 2.07. The van der Waals surface area contributed by atoms with Crippen molar-refractivity contribution in [2.75, 3.05) is 6.61 Å². The summed E-state index contributed by atoms with van der Waals surface area (Å²) in [7, 11) is 0. The maximum absolute atomic E-state index is 12.0. The molecule has 0 unspecified atom stereocenters. The molecule has 0 atom stereocenters. The Bertz CT molecular complexity index is 870. The van der Waals surface area contributed by atoms with Gasteiger partial charge in [0, 0.05) is 6.92 Å². The van der Waals surface area contributed by atoms with E-state index in [1.807, 2.05) is 36.4 Å². The van der Waals surface area contributed by atoms with E-state index in [0.717, 1.165) is 5.56 Å². The molecule has 0 aliphatic rings. The first-order chi connectivity index (χ1) is 12.7. The lowest BCUT2D eigenvalue weighted by Crippen LogP contribution is -2.05. The van der Waals surface area contributed by atoms with Gasteiger partial charge < -0.3 is 14.0 Å². The average Bonchev–Trinajstić information content (AvgIpc) is 3.10. The van der Waals surface area contributed by atoms with Crippen LogP contribution in [0.2, 0.25) is 0 Å². The third-order valence-electron chi connectivity index (χ3n) is 3.45. The zero-order valence-corrected chi connectivity index (χ0v) is 14.3. The van der Waals surface area contributed by atoms with Crippen LogP contribution >= 0.6 is 0 Å². The lowest BCUT2D eigenvalue weighted by molar-refractivity contribution is 0.0550. The number of nitrogens with zero attached hydrogens (tertiary/aromatic N) is 2. The van der Waals surface area contributed by atoms with Crippen LogP contribution in [0.1, 0.15) is 27.6 Å². The molecule has 26 heavy (non-hydrogen) atoms. The summed E-state index contributed by atoms with van der Waals surface area (Å²) >= 11 is 0. The molecule has 0 saturated carbocycles. The number of esters is 1. The molecule has 0 spiro atoms. The van der Waals surface area contributed by atoms with E-state index in [-0.39, 0.29) is 19.2 Å². The van der Waals surface area contributed by atoms with Gasteiger partial charge in [0.15, 0.2) is 6.61 Å². The molecule has 6 heteroatoms. The minimum absolute atomic E-state index is 0.200. The first kappa shape index (κ1) is 17.4. The number of aryl methyl sites for hydroxylation is 1. The molecule has 3 aromatic rings. The van der Waals surface area contributed by atoms with Crippen molar-refractivity contribution in [1.29, 1.82) is 0 Å². The molecule has 132 valence electrons. The molecule has 0 saturated heterocycles. The van der Waals surface area contributed by atoms with Crippen molar-refractivity contribution >= 4 is 12.0 Å². The second-order valence-corrected chi connectivity index (χ2v) is 5.45. The van der Waals surface area contributed by atoms with Gasteiger partial charge in [-0.3, -0.25) is 0 Å². The smallest absolute Gasteiger partial charge is 0.338 e. The van der Waals surface area contributed by atoms with Gasteiger partial charge in [-0.25, -0.2) is 4.79 Å². The van der Waals surface area contributed by atoms with Crippen LogP contribution in [0.3, 0.4) is 0 Å². The summed E-state index contributed by atoms with van der Waals surface area (Å²) in [6.07, 6.45) is 3.71. The summed E-state index contributed by atoms with van der Waals surface area (Å²) in [6.45, 7) is 2.13. The normalized spacial score (nSPS) is 10.8. The lowest BCUT2D eigenvalue weighted by Gasteiger charge is -2.05. The van der Waals surface area contributed by atoms with Crippen LogP contribution in [0, 0.1) is 6.92 Å². The standard InChI is InChI=1S/C20H18N2O4/c1-15-21-19(22-26-15)14-25-18-11-9-17(10-12-18)20(23)24-13-5-8-16-6-3-2-4-7-16/h2-12H,13-14H2,1H3/b8-5-. The number of hydrogen-bond acceptors (Lipinski definition) is 6. The maximum atomic E-state index is 12.0. The van der Waals surface area contributed by atoms with Gasteiger partial charge in [-0.1, -0.05) is 41.6 Å². The van der Waals surface area contributed by atoms with Gasteiger partial charge in [0.25, 0.3) is 0 Å². The third kappa shape index (κ3) is 5.04. The minimum atomic E-state index is -0.386. The molecule has 1 aromatic heterocycles. The van der Waals surface area contributed by atoms with Crippen LogP contribution in [-0.4, -0.2) is 22.7 Å². The Balaban J connectivity index is 1.46. The van der Waals surface area contributed by atoms with Gasteiger partial charge >= 0.3 is 5.97 Å². The van der Waals surface area contributed by atoms with Gasteiger partial charge in [-0.15, -0.1) is 0 Å². The molecule has 3 rings (SSSR count). The second kappa shape index (κ2) is 8.62. The van der Waals surface area contributed by atoms with E-state index in [9.17, 15) is 4.79 Å². The summed E-state index contributed by atoms with van der Waals surface area (Å²) in [4.78, 5) is 16.1. The topological polar surface area (TPSA) is 74.5 Å². The van der Waals surface area contributed by atoms with Crippen molar-refractivity contribution in [1.82, 2.24) is 10.1 Å². The number of carbonyl (C=O) groups excluding carboxylic acids is 1. The van der Waals surface area contributed by atoms with E-state index in [2.05, 4.69) is 10.1 Å². The van der Waals surface area contributed by atoms with Crippen molar-refractivity contribution < 1.29 is 18.8 Å². The van der Waals surface area contributed by atoms with Crippen molar-refractivity contribution in [3.63, 3.8) is 0 Å². The summed E-state index contributed by atoms with van der Waals surface area (Å²) < 4.78 is 15.6. The Morgan fingerprint density at radius 2 is 1.88 bits per heavy atom. The predicted molar refractivity (Wildman–Crippen MR) is 95.6 cm³/mol. The van der Waals surface area contributed by atoms with Crippen molar-refractivity contribution in [2.45, 2.75) is 13.5 Å². The third-order valence-corrected chi connectivity index (χ3v) is 3.45. The monoisotopic (exact) mass is 350 g/mol. The largest absolute Gasteiger partial charge is 0.485 e. The molecule has 0 amide bonds. The fraction of sp³-hybridized carbons (Fsp3) is 0.150. The molecular weight excluding hydrogens is 332 g/mol. The Morgan fingerprint density at radius 3 is 2.58 bits per heavy atom. The minimum Gasteiger partial charge on any atom is -0.485 e. The number of benzene rings is 2. The maximum Gasteiger partial charge on any atom is 0.338 e. The highest BCUT2D eigenvalue weighted by Crippen LogP contribution is 2.14. The van der Waals surface area contributed by atoms with Crippen molar-refractivity contribution in [2.24, 2.45) is 0 Å².